The summed E-state index contributed by atoms with van der Waals surface area (Å²) in [6, 6.07) is 0.253. The van der Waals surface area contributed by atoms with Crippen molar-refractivity contribution in [1.29, 1.82) is 0 Å². The first kappa shape index (κ1) is 15.0. The number of H-pyrrole nitrogens is 1. The van der Waals surface area contributed by atoms with Gasteiger partial charge in [-0.2, -0.15) is 4.37 Å². The first-order chi connectivity index (χ1) is 10.6. The number of rotatable bonds is 4. The molecule has 0 bridgehead atoms. The SMILES string of the molecule is CC(C)c1nsc(NC2CCCN(c3ncc[nH]c3=O)C2)n1. The number of piperidine rings is 1. The van der Waals surface area contributed by atoms with Crippen molar-refractivity contribution in [2.75, 3.05) is 23.3 Å². The molecule has 2 aromatic heterocycles. The van der Waals surface area contributed by atoms with Gasteiger partial charge in [-0.15, -0.1) is 0 Å². The maximum atomic E-state index is 11.9. The number of nitrogens with one attached hydrogen (secondary N) is 2. The number of anilines is 2. The second kappa shape index (κ2) is 6.43. The van der Waals surface area contributed by atoms with Crippen molar-refractivity contribution in [3.8, 4) is 0 Å². The molecular formula is C14H20N6OS. The molecule has 7 nitrogen and oxygen atoms in total. The molecule has 8 heteroatoms. The van der Waals surface area contributed by atoms with E-state index < -0.39 is 0 Å². The molecule has 1 saturated heterocycles. The minimum Gasteiger partial charge on any atom is -0.356 e. The van der Waals surface area contributed by atoms with E-state index in [9.17, 15) is 4.79 Å². The van der Waals surface area contributed by atoms with Crippen LogP contribution in [0.15, 0.2) is 17.2 Å². The topological polar surface area (TPSA) is 86.8 Å². The molecule has 118 valence electrons. The molecule has 1 fully saturated rings. The van der Waals surface area contributed by atoms with Crippen LogP contribution >= 0.6 is 11.5 Å². The third-order valence-corrected chi connectivity index (χ3v) is 4.36. The highest BCUT2D eigenvalue weighted by Gasteiger charge is 2.23. The van der Waals surface area contributed by atoms with Crippen molar-refractivity contribution >= 4 is 22.5 Å². The average Bonchev–Trinajstić information content (AvgIpc) is 2.97. The van der Waals surface area contributed by atoms with Gasteiger partial charge in [-0.3, -0.25) is 4.79 Å². The summed E-state index contributed by atoms with van der Waals surface area (Å²) in [5, 5.41) is 4.29. The van der Waals surface area contributed by atoms with Gasteiger partial charge in [0.25, 0.3) is 5.56 Å². The molecule has 1 unspecified atom stereocenters. The molecule has 0 spiro atoms. The van der Waals surface area contributed by atoms with Crippen molar-refractivity contribution in [1.82, 2.24) is 19.3 Å². The Balaban J connectivity index is 1.68. The quantitative estimate of drug-likeness (QED) is 0.893. The molecule has 0 radical (unpaired) electrons. The molecule has 2 aromatic rings. The van der Waals surface area contributed by atoms with Crippen molar-refractivity contribution in [2.45, 2.75) is 38.6 Å². The minimum atomic E-state index is -0.138. The third-order valence-electron chi connectivity index (χ3n) is 3.70. The lowest BCUT2D eigenvalue weighted by Gasteiger charge is -2.33. The fourth-order valence-corrected chi connectivity index (χ4v) is 3.34. The summed E-state index contributed by atoms with van der Waals surface area (Å²) in [4.78, 5) is 25.3. The Morgan fingerprint density at radius 2 is 2.36 bits per heavy atom. The van der Waals surface area contributed by atoms with E-state index in [1.54, 1.807) is 12.4 Å². The highest BCUT2D eigenvalue weighted by molar-refractivity contribution is 7.09. The van der Waals surface area contributed by atoms with E-state index in [0.717, 1.165) is 36.9 Å². The lowest BCUT2D eigenvalue weighted by Crippen LogP contribution is -2.44. The molecule has 22 heavy (non-hydrogen) atoms. The molecule has 0 aromatic carbocycles. The van der Waals surface area contributed by atoms with Crippen LogP contribution in [0.2, 0.25) is 0 Å². The maximum absolute atomic E-state index is 11.9. The molecule has 1 aliphatic rings. The molecule has 0 aliphatic carbocycles. The Morgan fingerprint density at radius 3 is 3.09 bits per heavy atom. The van der Waals surface area contributed by atoms with E-state index >= 15 is 0 Å². The summed E-state index contributed by atoms with van der Waals surface area (Å²) in [6.07, 6.45) is 5.25. The average molecular weight is 320 g/mol. The molecular weight excluding hydrogens is 300 g/mol. The first-order valence-corrected chi connectivity index (χ1v) is 8.29. The highest BCUT2D eigenvalue weighted by Crippen LogP contribution is 2.21. The van der Waals surface area contributed by atoms with E-state index in [4.69, 9.17) is 0 Å². The van der Waals surface area contributed by atoms with Gasteiger partial charge in [0, 0.05) is 49.0 Å². The summed E-state index contributed by atoms with van der Waals surface area (Å²) in [5.74, 6) is 1.71. The van der Waals surface area contributed by atoms with Gasteiger partial charge < -0.3 is 15.2 Å². The number of aromatic amines is 1. The lowest BCUT2D eigenvalue weighted by atomic mass is 10.1. The normalized spacial score (nSPS) is 18.7. The summed E-state index contributed by atoms with van der Waals surface area (Å²) >= 11 is 1.40. The van der Waals surface area contributed by atoms with Gasteiger partial charge in [0.15, 0.2) is 5.82 Å². The molecule has 3 heterocycles. The van der Waals surface area contributed by atoms with Gasteiger partial charge in [0.05, 0.1) is 0 Å². The lowest BCUT2D eigenvalue weighted by molar-refractivity contribution is 0.525. The van der Waals surface area contributed by atoms with Crippen molar-refractivity contribution in [3.63, 3.8) is 0 Å². The smallest absolute Gasteiger partial charge is 0.290 e. The predicted octanol–water partition coefficient (Wildman–Crippen LogP) is 1.83. The third kappa shape index (κ3) is 3.27. The largest absolute Gasteiger partial charge is 0.356 e. The molecule has 1 aliphatic heterocycles. The second-order valence-electron chi connectivity index (χ2n) is 5.78. The molecule has 2 N–H and O–H groups in total. The van der Waals surface area contributed by atoms with Crippen LogP contribution in [0.3, 0.4) is 0 Å². The Kier molecular flexibility index (Phi) is 4.37. The van der Waals surface area contributed by atoms with Gasteiger partial charge in [-0.05, 0) is 12.8 Å². The van der Waals surface area contributed by atoms with E-state index in [-0.39, 0.29) is 11.6 Å². The fraction of sp³-hybridized carbons (Fsp3) is 0.571. The zero-order chi connectivity index (χ0) is 15.5. The Hall–Kier alpha value is -1.96. The summed E-state index contributed by atoms with van der Waals surface area (Å²) < 4.78 is 4.36. The Labute approximate surface area is 133 Å². The highest BCUT2D eigenvalue weighted by atomic mass is 32.1. The van der Waals surface area contributed by atoms with Gasteiger partial charge >= 0.3 is 0 Å². The standard InChI is InChI=1S/C14H20N6OS/c1-9(2)11-18-14(22-19-11)17-10-4-3-7-20(8-10)12-13(21)16-6-5-15-12/h5-6,9-10H,3-4,7-8H2,1-2H3,(H,16,21)(H,17,18,19). The van der Waals surface area contributed by atoms with Crippen LogP contribution in [-0.2, 0) is 0 Å². The minimum absolute atomic E-state index is 0.138. The van der Waals surface area contributed by atoms with E-state index in [2.05, 4.69) is 38.5 Å². The first-order valence-electron chi connectivity index (χ1n) is 7.52. The number of aromatic nitrogens is 4. The van der Waals surface area contributed by atoms with E-state index in [1.165, 1.54) is 11.5 Å². The number of nitrogens with zero attached hydrogens (tertiary/aromatic N) is 4. The van der Waals surface area contributed by atoms with Gasteiger partial charge in [-0.1, -0.05) is 13.8 Å². The van der Waals surface area contributed by atoms with E-state index in [1.807, 2.05) is 4.90 Å². The van der Waals surface area contributed by atoms with Gasteiger partial charge in [-0.25, -0.2) is 9.97 Å². The molecule has 1 atom stereocenters. The van der Waals surface area contributed by atoms with Gasteiger partial charge in [0.2, 0.25) is 5.13 Å². The summed E-state index contributed by atoms with van der Waals surface area (Å²) in [7, 11) is 0. The van der Waals surface area contributed by atoms with Gasteiger partial charge in [0.1, 0.15) is 5.82 Å². The van der Waals surface area contributed by atoms with Crippen LogP contribution in [0.5, 0.6) is 0 Å². The number of hydrogen-bond acceptors (Lipinski definition) is 7. The second-order valence-corrected chi connectivity index (χ2v) is 6.54. The van der Waals surface area contributed by atoms with Crippen LogP contribution in [0.4, 0.5) is 10.9 Å². The van der Waals surface area contributed by atoms with Crippen LogP contribution in [-0.4, -0.2) is 38.5 Å². The van der Waals surface area contributed by atoms with Crippen molar-refractivity contribution < 1.29 is 0 Å². The molecule has 0 amide bonds. The van der Waals surface area contributed by atoms with E-state index in [0.29, 0.717) is 11.7 Å². The van der Waals surface area contributed by atoms with Crippen LogP contribution in [0, 0.1) is 0 Å². The number of hydrogen-bond donors (Lipinski definition) is 2. The summed E-state index contributed by atoms with van der Waals surface area (Å²) in [5.41, 5.74) is -0.138. The summed E-state index contributed by atoms with van der Waals surface area (Å²) in [6.45, 7) is 5.77. The monoisotopic (exact) mass is 320 g/mol. The van der Waals surface area contributed by atoms with Crippen LogP contribution < -0.4 is 15.8 Å². The molecule has 3 rings (SSSR count). The fourth-order valence-electron chi connectivity index (χ4n) is 2.56. The zero-order valence-corrected chi connectivity index (χ0v) is 13.6. The Morgan fingerprint density at radius 1 is 1.50 bits per heavy atom. The maximum Gasteiger partial charge on any atom is 0.290 e. The van der Waals surface area contributed by atoms with Crippen LogP contribution in [0.25, 0.3) is 0 Å². The zero-order valence-electron chi connectivity index (χ0n) is 12.7. The molecule has 0 saturated carbocycles. The Bertz CT molecular complexity index is 682. The predicted molar refractivity (Wildman–Crippen MR) is 87.7 cm³/mol. The van der Waals surface area contributed by atoms with Crippen molar-refractivity contribution in [2.24, 2.45) is 0 Å². The van der Waals surface area contributed by atoms with Crippen molar-refractivity contribution in [3.05, 3.63) is 28.6 Å². The van der Waals surface area contributed by atoms with Crippen LogP contribution in [0.1, 0.15) is 38.4 Å².